The van der Waals surface area contributed by atoms with E-state index >= 15 is 0 Å². The number of hydrogen-bond acceptors (Lipinski definition) is 6. The lowest BCUT2D eigenvalue weighted by atomic mass is 10.2. The molecule has 0 atom stereocenters. The number of nitrogens with one attached hydrogen (secondary N) is 1. The van der Waals surface area contributed by atoms with E-state index < -0.39 is 0 Å². The highest BCUT2D eigenvalue weighted by Crippen LogP contribution is 2.28. The summed E-state index contributed by atoms with van der Waals surface area (Å²) in [5.41, 5.74) is 4.77. The maximum Gasteiger partial charge on any atom is 0.271 e. The van der Waals surface area contributed by atoms with E-state index in [2.05, 4.69) is 10.5 Å². The average molecular weight is 385 g/mol. The first-order valence-corrected chi connectivity index (χ1v) is 9.04. The third-order valence-electron chi connectivity index (χ3n) is 3.94. The number of anilines is 1. The zero-order chi connectivity index (χ0) is 20.5. The molecule has 0 spiro atoms. The molecule has 0 saturated carbocycles. The van der Waals surface area contributed by atoms with E-state index in [1.807, 2.05) is 50.1 Å². The quantitative estimate of drug-likeness (QED) is 0.512. The third kappa shape index (κ3) is 5.99. The first-order chi connectivity index (χ1) is 13.4. The molecule has 1 amide bonds. The van der Waals surface area contributed by atoms with E-state index in [4.69, 9.17) is 14.6 Å². The number of rotatable bonds is 9. The van der Waals surface area contributed by atoms with Crippen molar-refractivity contribution in [1.29, 1.82) is 0 Å². The summed E-state index contributed by atoms with van der Waals surface area (Å²) in [5, 5.41) is 13.0. The Bertz CT molecular complexity index is 804. The number of methoxy groups -OCH3 is 1. The second kappa shape index (κ2) is 10.3. The molecule has 0 unspecified atom stereocenters. The van der Waals surface area contributed by atoms with Crippen LogP contribution in [0, 0.1) is 0 Å². The lowest BCUT2D eigenvalue weighted by molar-refractivity contribution is 0.0954. The monoisotopic (exact) mass is 385 g/mol. The van der Waals surface area contributed by atoms with Crippen LogP contribution in [0.2, 0.25) is 0 Å². The van der Waals surface area contributed by atoms with Crippen LogP contribution in [-0.2, 0) is 0 Å². The van der Waals surface area contributed by atoms with Gasteiger partial charge in [0.1, 0.15) is 0 Å². The molecule has 2 aromatic rings. The lowest BCUT2D eigenvalue weighted by Gasteiger charge is -2.17. The van der Waals surface area contributed by atoms with Gasteiger partial charge in [-0.3, -0.25) is 4.79 Å². The standard InChI is InChI=1S/C21H27N3O4/c1-15(2)28-19-10-7-17(13-20(19)27-4)21(26)23-22-14-16-5-8-18(9-6-16)24(3)11-12-25/h5-10,13-15,25H,11-12H2,1-4H3,(H,23,26)/b22-14-. The number of hydrogen-bond donors (Lipinski definition) is 2. The summed E-state index contributed by atoms with van der Waals surface area (Å²) in [5.74, 6) is 0.738. The Kier molecular flexibility index (Phi) is 7.83. The fraction of sp³-hybridized carbons (Fsp3) is 0.333. The van der Waals surface area contributed by atoms with Crippen LogP contribution >= 0.6 is 0 Å². The predicted octanol–water partition coefficient (Wildman–Crippen LogP) is 2.67. The van der Waals surface area contributed by atoms with Crippen LogP contribution in [0.5, 0.6) is 11.5 Å². The van der Waals surface area contributed by atoms with Gasteiger partial charge >= 0.3 is 0 Å². The number of nitrogens with zero attached hydrogens (tertiary/aromatic N) is 2. The van der Waals surface area contributed by atoms with Crippen molar-refractivity contribution in [2.24, 2.45) is 5.10 Å². The van der Waals surface area contributed by atoms with E-state index in [0.29, 0.717) is 23.6 Å². The summed E-state index contributed by atoms with van der Waals surface area (Å²) >= 11 is 0. The summed E-state index contributed by atoms with van der Waals surface area (Å²) in [6, 6.07) is 12.6. The minimum atomic E-state index is -0.343. The SMILES string of the molecule is COc1cc(C(=O)N/N=C\c2ccc(N(C)CCO)cc2)ccc1OC(C)C. The van der Waals surface area contributed by atoms with Crippen LogP contribution in [-0.4, -0.2) is 50.6 Å². The summed E-state index contributed by atoms with van der Waals surface area (Å²) in [7, 11) is 3.44. The Hall–Kier alpha value is -3.06. The maximum atomic E-state index is 12.3. The van der Waals surface area contributed by atoms with Crippen molar-refractivity contribution in [2.75, 3.05) is 32.2 Å². The van der Waals surface area contributed by atoms with Crippen LogP contribution in [0.15, 0.2) is 47.6 Å². The number of amides is 1. The number of aliphatic hydroxyl groups excluding tert-OH is 1. The second-order valence-electron chi connectivity index (χ2n) is 6.47. The van der Waals surface area contributed by atoms with Crippen LogP contribution in [0.4, 0.5) is 5.69 Å². The van der Waals surface area contributed by atoms with Gasteiger partial charge in [-0.15, -0.1) is 0 Å². The molecule has 0 saturated heterocycles. The molecule has 28 heavy (non-hydrogen) atoms. The van der Waals surface area contributed by atoms with E-state index in [1.54, 1.807) is 24.4 Å². The molecule has 0 aliphatic heterocycles. The molecule has 2 rings (SSSR count). The number of carbonyl (C=O) groups excluding carboxylic acids is 1. The van der Waals surface area contributed by atoms with Gasteiger partial charge < -0.3 is 19.5 Å². The Morgan fingerprint density at radius 1 is 1.21 bits per heavy atom. The molecule has 7 nitrogen and oxygen atoms in total. The van der Waals surface area contributed by atoms with E-state index in [0.717, 1.165) is 11.3 Å². The van der Waals surface area contributed by atoms with Crippen molar-refractivity contribution in [2.45, 2.75) is 20.0 Å². The van der Waals surface area contributed by atoms with Gasteiger partial charge in [0, 0.05) is 24.8 Å². The molecule has 2 aromatic carbocycles. The van der Waals surface area contributed by atoms with Crippen LogP contribution in [0.1, 0.15) is 29.8 Å². The second-order valence-corrected chi connectivity index (χ2v) is 6.47. The summed E-state index contributed by atoms with van der Waals surface area (Å²) < 4.78 is 10.9. The molecule has 0 fully saturated rings. The van der Waals surface area contributed by atoms with E-state index in [-0.39, 0.29) is 18.6 Å². The van der Waals surface area contributed by atoms with Crippen molar-refractivity contribution in [3.8, 4) is 11.5 Å². The molecule has 7 heteroatoms. The van der Waals surface area contributed by atoms with Crippen LogP contribution < -0.4 is 19.8 Å². The number of ether oxygens (including phenoxy) is 2. The molecule has 2 N–H and O–H groups in total. The predicted molar refractivity (Wildman–Crippen MR) is 111 cm³/mol. The van der Waals surface area contributed by atoms with Crippen molar-refractivity contribution < 1.29 is 19.4 Å². The molecule has 0 aliphatic carbocycles. The molecule has 0 aliphatic rings. The van der Waals surface area contributed by atoms with Gasteiger partial charge in [-0.1, -0.05) is 12.1 Å². The first kappa shape index (κ1) is 21.2. The highest BCUT2D eigenvalue weighted by Gasteiger charge is 2.11. The Morgan fingerprint density at radius 2 is 1.93 bits per heavy atom. The van der Waals surface area contributed by atoms with E-state index in [1.165, 1.54) is 7.11 Å². The number of carbonyl (C=O) groups is 1. The fourth-order valence-corrected chi connectivity index (χ4v) is 2.48. The molecular weight excluding hydrogens is 358 g/mol. The maximum absolute atomic E-state index is 12.3. The van der Waals surface area contributed by atoms with Gasteiger partial charge in [0.2, 0.25) is 0 Å². The molecule has 0 radical (unpaired) electrons. The van der Waals surface area contributed by atoms with Gasteiger partial charge in [-0.25, -0.2) is 5.43 Å². The average Bonchev–Trinajstić information content (AvgIpc) is 2.68. The Morgan fingerprint density at radius 3 is 2.54 bits per heavy atom. The fourth-order valence-electron chi connectivity index (χ4n) is 2.48. The van der Waals surface area contributed by atoms with Crippen molar-refractivity contribution in [1.82, 2.24) is 5.43 Å². The van der Waals surface area contributed by atoms with Gasteiger partial charge in [-0.05, 0) is 49.7 Å². The van der Waals surface area contributed by atoms with Crippen molar-refractivity contribution in [3.05, 3.63) is 53.6 Å². The summed E-state index contributed by atoms with van der Waals surface area (Å²) in [4.78, 5) is 14.2. The molecule has 0 heterocycles. The lowest BCUT2D eigenvalue weighted by Crippen LogP contribution is -2.20. The zero-order valence-electron chi connectivity index (χ0n) is 16.7. The molecule has 0 aromatic heterocycles. The van der Waals surface area contributed by atoms with Gasteiger partial charge in [0.25, 0.3) is 5.91 Å². The number of likely N-dealkylation sites (N-methyl/N-ethyl adjacent to an activating group) is 1. The minimum absolute atomic E-state index is 0.00740. The van der Waals surface area contributed by atoms with Gasteiger partial charge in [0.15, 0.2) is 11.5 Å². The van der Waals surface area contributed by atoms with Crippen molar-refractivity contribution in [3.63, 3.8) is 0 Å². The highest BCUT2D eigenvalue weighted by molar-refractivity contribution is 5.95. The highest BCUT2D eigenvalue weighted by atomic mass is 16.5. The largest absolute Gasteiger partial charge is 0.493 e. The Labute approximate surface area is 165 Å². The molecule has 0 bridgehead atoms. The normalized spacial score (nSPS) is 10.9. The Balaban J connectivity index is 1.99. The number of benzene rings is 2. The number of hydrazone groups is 1. The first-order valence-electron chi connectivity index (χ1n) is 9.04. The van der Waals surface area contributed by atoms with Crippen LogP contribution in [0.3, 0.4) is 0 Å². The van der Waals surface area contributed by atoms with Crippen molar-refractivity contribution >= 4 is 17.8 Å². The summed E-state index contributed by atoms with van der Waals surface area (Å²) in [6.45, 7) is 4.51. The van der Waals surface area contributed by atoms with Gasteiger partial charge in [-0.2, -0.15) is 5.10 Å². The zero-order valence-corrected chi connectivity index (χ0v) is 16.7. The third-order valence-corrected chi connectivity index (χ3v) is 3.94. The van der Waals surface area contributed by atoms with Gasteiger partial charge in [0.05, 0.1) is 26.0 Å². The topological polar surface area (TPSA) is 83.4 Å². The smallest absolute Gasteiger partial charge is 0.271 e. The summed E-state index contributed by atoms with van der Waals surface area (Å²) in [6.07, 6.45) is 1.58. The van der Waals surface area contributed by atoms with Crippen LogP contribution in [0.25, 0.3) is 0 Å². The molecular formula is C21H27N3O4. The number of aliphatic hydroxyl groups is 1. The molecule has 150 valence electrons. The van der Waals surface area contributed by atoms with E-state index in [9.17, 15) is 4.79 Å². The minimum Gasteiger partial charge on any atom is -0.493 e.